The highest BCUT2D eigenvalue weighted by Gasteiger charge is 2.29. The van der Waals surface area contributed by atoms with Crippen LogP contribution in [-0.4, -0.2) is 42.2 Å². The standard InChI is InChI=1S/C26H28N2O6S/c1-32-21-9-11-22(12-10-21)35(30,31)28-14-4-5-19-7-8-20(17-23(19)28)27-26(29)16-18-6-13-24(33-2)25(15-18)34-3/h6-13,15,17H,4-5,14,16H2,1-3H3,(H,27,29). The Morgan fingerprint density at radius 1 is 0.914 bits per heavy atom. The number of hydrogen-bond acceptors (Lipinski definition) is 6. The molecule has 0 atom stereocenters. The van der Waals surface area contributed by atoms with Gasteiger partial charge in [0.25, 0.3) is 10.0 Å². The molecule has 35 heavy (non-hydrogen) atoms. The predicted octanol–water partition coefficient (Wildman–Crippen LogP) is 4.04. The van der Waals surface area contributed by atoms with Crippen LogP contribution < -0.4 is 23.8 Å². The van der Waals surface area contributed by atoms with Gasteiger partial charge in [-0.2, -0.15) is 0 Å². The van der Waals surface area contributed by atoms with E-state index in [1.807, 2.05) is 6.07 Å². The van der Waals surface area contributed by atoms with E-state index in [1.165, 1.54) is 23.5 Å². The minimum Gasteiger partial charge on any atom is -0.497 e. The van der Waals surface area contributed by atoms with E-state index in [0.29, 0.717) is 41.6 Å². The fraction of sp³-hybridized carbons (Fsp3) is 0.269. The van der Waals surface area contributed by atoms with Crippen molar-refractivity contribution in [3.63, 3.8) is 0 Å². The number of rotatable bonds is 8. The number of carbonyl (C=O) groups is 1. The molecule has 0 bridgehead atoms. The number of aryl methyl sites for hydroxylation is 1. The summed E-state index contributed by atoms with van der Waals surface area (Å²) >= 11 is 0. The van der Waals surface area contributed by atoms with Gasteiger partial charge in [-0.1, -0.05) is 12.1 Å². The SMILES string of the molecule is COc1ccc(S(=O)(=O)N2CCCc3ccc(NC(=O)Cc4ccc(OC)c(OC)c4)cc32)cc1. The molecule has 1 heterocycles. The summed E-state index contributed by atoms with van der Waals surface area (Å²) in [4.78, 5) is 12.9. The van der Waals surface area contributed by atoms with Gasteiger partial charge in [-0.15, -0.1) is 0 Å². The lowest BCUT2D eigenvalue weighted by Gasteiger charge is -2.31. The fourth-order valence-electron chi connectivity index (χ4n) is 4.12. The molecule has 1 aliphatic heterocycles. The maximum Gasteiger partial charge on any atom is 0.264 e. The minimum atomic E-state index is -3.77. The topological polar surface area (TPSA) is 94.2 Å². The molecule has 0 aromatic heterocycles. The highest BCUT2D eigenvalue weighted by Crippen LogP contribution is 2.35. The van der Waals surface area contributed by atoms with Crippen molar-refractivity contribution in [2.24, 2.45) is 0 Å². The molecule has 0 saturated carbocycles. The van der Waals surface area contributed by atoms with Gasteiger partial charge in [0.15, 0.2) is 11.5 Å². The first kappa shape index (κ1) is 24.4. The van der Waals surface area contributed by atoms with Crippen LogP contribution in [0.1, 0.15) is 17.5 Å². The summed E-state index contributed by atoms with van der Waals surface area (Å²) < 4.78 is 43.9. The van der Waals surface area contributed by atoms with E-state index >= 15 is 0 Å². The van der Waals surface area contributed by atoms with E-state index < -0.39 is 10.0 Å². The van der Waals surface area contributed by atoms with Crippen LogP contribution in [0.5, 0.6) is 17.2 Å². The molecule has 0 saturated heterocycles. The van der Waals surface area contributed by atoms with Gasteiger partial charge in [0.2, 0.25) is 5.91 Å². The second-order valence-corrected chi connectivity index (χ2v) is 9.98. The molecule has 1 amide bonds. The highest BCUT2D eigenvalue weighted by atomic mass is 32.2. The van der Waals surface area contributed by atoms with Crippen LogP contribution in [-0.2, 0) is 27.7 Å². The molecule has 4 rings (SSSR count). The second-order valence-electron chi connectivity index (χ2n) is 8.11. The maximum absolute atomic E-state index is 13.4. The first-order valence-corrected chi connectivity index (χ1v) is 12.6. The lowest BCUT2D eigenvalue weighted by atomic mass is 10.0. The fourth-order valence-corrected chi connectivity index (χ4v) is 5.66. The highest BCUT2D eigenvalue weighted by molar-refractivity contribution is 7.92. The maximum atomic E-state index is 13.4. The molecule has 0 radical (unpaired) electrons. The third-order valence-corrected chi connectivity index (χ3v) is 7.73. The average Bonchev–Trinajstić information content (AvgIpc) is 2.88. The van der Waals surface area contributed by atoms with Gasteiger partial charge in [-0.05, 0) is 72.5 Å². The monoisotopic (exact) mass is 496 g/mol. The Balaban J connectivity index is 1.55. The molecule has 0 aliphatic carbocycles. The van der Waals surface area contributed by atoms with Crippen molar-refractivity contribution in [2.75, 3.05) is 37.5 Å². The molecule has 8 nitrogen and oxygen atoms in total. The molecule has 0 unspecified atom stereocenters. The summed E-state index contributed by atoms with van der Waals surface area (Å²) in [6.45, 7) is 0.365. The third-order valence-electron chi connectivity index (χ3n) is 5.91. The smallest absolute Gasteiger partial charge is 0.264 e. The average molecular weight is 497 g/mol. The summed E-state index contributed by atoms with van der Waals surface area (Å²) in [5.74, 6) is 1.50. The summed E-state index contributed by atoms with van der Waals surface area (Å²) in [5.41, 5.74) is 2.80. The van der Waals surface area contributed by atoms with Crippen LogP contribution in [0, 0.1) is 0 Å². The zero-order chi connectivity index (χ0) is 25.0. The van der Waals surface area contributed by atoms with Gasteiger partial charge in [0.05, 0.1) is 38.3 Å². The van der Waals surface area contributed by atoms with Crippen LogP contribution in [0.2, 0.25) is 0 Å². The second kappa shape index (κ2) is 10.3. The Morgan fingerprint density at radius 3 is 2.34 bits per heavy atom. The van der Waals surface area contributed by atoms with Crippen molar-refractivity contribution in [1.82, 2.24) is 0 Å². The van der Waals surface area contributed by atoms with E-state index in [-0.39, 0.29) is 17.2 Å². The third kappa shape index (κ3) is 5.19. The number of fused-ring (bicyclic) bond motifs is 1. The van der Waals surface area contributed by atoms with E-state index in [2.05, 4.69) is 5.32 Å². The first-order valence-electron chi connectivity index (χ1n) is 11.2. The zero-order valence-electron chi connectivity index (χ0n) is 19.9. The van der Waals surface area contributed by atoms with Crippen LogP contribution >= 0.6 is 0 Å². The number of anilines is 2. The number of ether oxygens (including phenoxy) is 3. The van der Waals surface area contributed by atoms with Crippen molar-refractivity contribution < 1.29 is 27.4 Å². The number of nitrogens with one attached hydrogen (secondary N) is 1. The summed E-state index contributed by atoms with van der Waals surface area (Å²) in [7, 11) is 0.860. The molecule has 1 aliphatic rings. The minimum absolute atomic E-state index is 0.130. The molecule has 3 aromatic carbocycles. The van der Waals surface area contributed by atoms with Gasteiger partial charge < -0.3 is 19.5 Å². The van der Waals surface area contributed by atoms with Gasteiger partial charge in [-0.25, -0.2) is 8.42 Å². The van der Waals surface area contributed by atoms with Crippen molar-refractivity contribution in [3.05, 3.63) is 71.8 Å². The van der Waals surface area contributed by atoms with Gasteiger partial charge in [0, 0.05) is 12.2 Å². The van der Waals surface area contributed by atoms with Crippen LogP contribution in [0.3, 0.4) is 0 Å². The van der Waals surface area contributed by atoms with E-state index in [9.17, 15) is 13.2 Å². The number of benzene rings is 3. The Labute approximate surface area is 205 Å². The molecule has 3 aromatic rings. The number of carbonyl (C=O) groups excluding carboxylic acids is 1. The quantitative estimate of drug-likeness (QED) is 0.506. The summed E-state index contributed by atoms with van der Waals surface area (Å²) in [5, 5.41) is 2.88. The molecule has 9 heteroatoms. The van der Waals surface area contributed by atoms with E-state index in [4.69, 9.17) is 14.2 Å². The van der Waals surface area contributed by atoms with Crippen LogP contribution in [0.15, 0.2) is 65.6 Å². The molecule has 184 valence electrons. The Bertz CT molecular complexity index is 1320. The Morgan fingerprint density at radius 2 is 1.66 bits per heavy atom. The lowest BCUT2D eigenvalue weighted by molar-refractivity contribution is -0.115. The van der Waals surface area contributed by atoms with Crippen molar-refractivity contribution in [1.29, 1.82) is 0 Å². The van der Waals surface area contributed by atoms with Gasteiger partial charge in [-0.3, -0.25) is 9.10 Å². The Hall–Kier alpha value is -3.72. The number of amides is 1. The molecule has 1 N–H and O–H groups in total. The van der Waals surface area contributed by atoms with E-state index in [1.54, 1.807) is 56.7 Å². The summed E-state index contributed by atoms with van der Waals surface area (Å²) in [6, 6.07) is 17.0. The zero-order valence-corrected chi connectivity index (χ0v) is 20.7. The van der Waals surface area contributed by atoms with Crippen molar-refractivity contribution in [2.45, 2.75) is 24.2 Å². The predicted molar refractivity (Wildman–Crippen MR) is 134 cm³/mol. The van der Waals surface area contributed by atoms with Crippen LogP contribution in [0.4, 0.5) is 11.4 Å². The summed E-state index contributed by atoms with van der Waals surface area (Å²) in [6.07, 6.45) is 1.61. The number of methoxy groups -OCH3 is 3. The first-order chi connectivity index (χ1) is 16.8. The normalized spacial score (nSPS) is 13.1. The molecule has 0 fully saturated rings. The van der Waals surface area contributed by atoms with Crippen LogP contribution in [0.25, 0.3) is 0 Å². The van der Waals surface area contributed by atoms with Crippen molar-refractivity contribution >= 4 is 27.3 Å². The number of hydrogen-bond donors (Lipinski definition) is 1. The molecular weight excluding hydrogens is 468 g/mol. The lowest BCUT2D eigenvalue weighted by Crippen LogP contribution is -2.35. The van der Waals surface area contributed by atoms with Crippen molar-refractivity contribution in [3.8, 4) is 17.2 Å². The largest absolute Gasteiger partial charge is 0.497 e. The number of sulfonamides is 1. The molecule has 0 spiro atoms. The molecular formula is C26H28N2O6S. The van der Waals surface area contributed by atoms with Gasteiger partial charge in [0.1, 0.15) is 5.75 Å². The number of nitrogens with zero attached hydrogens (tertiary/aromatic N) is 1. The van der Waals surface area contributed by atoms with E-state index in [0.717, 1.165) is 17.5 Å². The van der Waals surface area contributed by atoms with Gasteiger partial charge >= 0.3 is 0 Å². The Kier molecular flexibility index (Phi) is 7.16.